The second-order valence-corrected chi connectivity index (χ2v) is 5.95. The van der Waals surface area contributed by atoms with Crippen molar-refractivity contribution in [2.75, 3.05) is 33.6 Å². The SMILES string of the molecule is CN(Cc1ccc2c(c1)OCO2)C(=O)C1(CN)CCOCC1. The number of ether oxygens (including phenoxy) is 3. The zero-order valence-electron chi connectivity index (χ0n) is 12.8. The first-order valence-electron chi connectivity index (χ1n) is 7.56. The second-order valence-electron chi connectivity index (χ2n) is 5.95. The number of rotatable bonds is 4. The summed E-state index contributed by atoms with van der Waals surface area (Å²) < 4.78 is 16.0. The Hall–Kier alpha value is -1.79. The van der Waals surface area contributed by atoms with Crippen LogP contribution >= 0.6 is 0 Å². The molecule has 1 aromatic carbocycles. The van der Waals surface area contributed by atoms with E-state index in [2.05, 4.69) is 0 Å². The molecular weight excluding hydrogens is 284 g/mol. The predicted octanol–water partition coefficient (Wildman–Crippen LogP) is 1.13. The Kier molecular flexibility index (Phi) is 4.22. The first-order valence-corrected chi connectivity index (χ1v) is 7.56. The molecule has 1 saturated heterocycles. The van der Waals surface area contributed by atoms with Crippen LogP contribution in [0.3, 0.4) is 0 Å². The fourth-order valence-electron chi connectivity index (χ4n) is 3.06. The summed E-state index contributed by atoms with van der Waals surface area (Å²) in [5, 5.41) is 0. The minimum atomic E-state index is -0.483. The molecule has 2 aliphatic rings. The summed E-state index contributed by atoms with van der Waals surface area (Å²) in [6, 6.07) is 5.75. The van der Waals surface area contributed by atoms with Crippen LogP contribution in [0.15, 0.2) is 18.2 Å². The van der Waals surface area contributed by atoms with Crippen LogP contribution in [0, 0.1) is 5.41 Å². The van der Waals surface area contributed by atoms with Crippen molar-refractivity contribution in [2.45, 2.75) is 19.4 Å². The predicted molar refractivity (Wildman–Crippen MR) is 80.6 cm³/mol. The van der Waals surface area contributed by atoms with Gasteiger partial charge in [0.15, 0.2) is 11.5 Å². The van der Waals surface area contributed by atoms with Crippen molar-refractivity contribution in [3.05, 3.63) is 23.8 Å². The summed E-state index contributed by atoms with van der Waals surface area (Å²) >= 11 is 0. The van der Waals surface area contributed by atoms with E-state index in [-0.39, 0.29) is 12.7 Å². The summed E-state index contributed by atoms with van der Waals surface area (Å²) in [5.41, 5.74) is 6.43. The van der Waals surface area contributed by atoms with Crippen molar-refractivity contribution in [1.82, 2.24) is 4.90 Å². The van der Waals surface area contributed by atoms with E-state index in [1.54, 1.807) is 4.90 Å². The van der Waals surface area contributed by atoms with Gasteiger partial charge in [-0.25, -0.2) is 0 Å². The van der Waals surface area contributed by atoms with Gasteiger partial charge < -0.3 is 24.8 Å². The van der Waals surface area contributed by atoms with Crippen LogP contribution in [0.25, 0.3) is 0 Å². The van der Waals surface area contributed by atoms with E-state index in [1.165, 1.54) is 0 Å². The number of fused-ring (bicyclic) bond motifs is 1. The summed E-state index contributed by atoms with van der Waals surface area (Å²) in [6.45, 7) is 2.34. The number of carbonyl (C=O) groups is 1. The summed E-state index contributed by atoms with van der Waals surface area (Å²) in [6.07, 6.45) is 1.38. The van der Waals surface area contributed by atoms with Crippen molar-refractivity contribution in [3.8, 4) is 11.5 Å². The molecule has 1 amide bonds. The molecule has 0 aromatic heterocycles. The fraction of sp³-hybridized carbons (Fsp3) is 0.562. The summed E-state index contributed by atoms with van der Waals surface area (Å²) in [5.74, 6) is 1.58. The van der Waals surface area contributed by atoms with Crippen molar-refractivity contribution in [2.24, 2.45) is 11.1 Å². The standard InChI is InChI=1S/C16H22N2O4/c1-18(15(19)16(10-17)4-6-20-7-5-16)9-12-2-3-13-14(8-12)22-11-21-13/h2-3,8H,4-7,9-11,17H2,1H3. The van der Waals surface area contributed by atoms with Gasteiger partial charge in [0.2, 0.25) is 12.7 Å². The molecule has 2 heterocycles. The highest BCUT2D eigenvalue weighted by Gasteiger charge is 2.40. The molecule has 0 saturated carbocycles. The molecule has 0 radical (unpaired) electrons. The highest BCUT2D eigenvalue weighted by molar-refractivity contribution is 5.83. The Morgan fingerprint density at radius 1 is 1.27 bits per heavy atom. The number of hydrogen-bond acceptors (Lipinski definition) is 5. The Morgan fingerprint density at radius 2 is 2.00 bits per heavy atom. The number of nitrogens with two attached hydrogens (primary N) is 1. The van der Waals surface area contributed by atoms with E-state index in [9.17, 15) is 4.79 Å². The highest BCUT2D eigenvalue weighted by Crippen LogP contribution is 2.34. The Balaban J connectivity index is 1.70. The highest BCUT2D eigenvalue weighted by atomic mass is 16.7. The fourth-order valence-corrected chi connectivity index (χ4v) is 3.06. The van der Waals surface area contributed by atoms with Crippen LogP contribution in [0.5, 0.6) is 11.5 Å². The molecule has 6 nitrogen and oxygen atoms in total. The quantitative estimate of drug-likeness (QED) is 0.902. The lowest BCUT2D eigenvalue weighted by molar-refractivity contribution is -0.146. The zero-order chi connectivity index (χ0) is 15.6. The van der Waals surface area contributed by atoms with Gasteiger partial charge in [-0.1, -0.05) is 6.07 Å². The maximum absolute atomic E-state index is 12.8. The number of amides is 1. The molecule has 0 spiro atoms. The lowest BCUT2D eigenvalue weighted by Gasteiger charge is -2.37. The third-order valence-electron chi connectivity index (χ3n) is 4.50. The van der Waals surface area contributed by atoms with Gasteiger partial charge in [0.1, 0.15) is 0 Å². The van der Waals surface area contributed by atoms with E-state index in [1.807, 2.05) is 25.2 Å². The van der Waals surface area contributed by atoms with Gasteiger partial charge in [0.25, 0.3) is 0 Å². The molecule has 0 bridgehead atoms. The van der Waals surface area contributed by atoms with Gasteiger partial charge in [-0.05, 0) is 30.5 Å². The Labute approximate surface area is 130 Å². The molecule has 2 aliphatic heterocycles. The molecule has 120 valence electrons. The minimum absolute atomic E-state index is 0.0935. The molecule has 0 aliphatic carbocycles. The van der Waals surface area contributed by atoms with Gasteiger partial charge in [0, 0.05) is 33.4 Å². The van der Waals surface area contributed by atoms with Crippen LogP contribution in [-0.4, -0.2) is 44.4 Å². The van der Waals surface area contributed by atoms with Gasteiger partial charge in [0.05, 0.1) is 5.41 Å². The molecule has 0 unspecified atom stereocenters. The Bertz CT molecular complexity index is 555. The van der Waals surface area contributed by atoms with Gasteiger partial charge in [-0.3, -0.25) is 4.79 Å². The smallest absolute Gasteiger partial charge is 0.231 e. The van der Waals surface area contributed by atoms with Crippen LogP contribution in [0.2, 0.25) is 0 Å². The van der Waals surface area contributed by atoms with Gasteiger partial charge in [-0.2, -0.15) is 0 Å². The third-order valence-corrected chi connectivity index (χ3v) is 4.50. The van der Waals surface area contributed by atoms with Gasteiger partial charge in [-0.15, -0.1) is 0 Å². The van der Waals surface area contributed by atoms with Crippen LogP contribution in [-0.2, 0) is 16.1 Å². The molecule has 2 N–H and O–H groups in total. The monoisotopic (exact) mass is 306 g/mol. The molecule has 1 fully saturated rings. The lowest BCUT2D eigenvalue weighted by atomic mass is 9.79. The number of carbonyl (C=O) groups excluding carboxylic acids is 1. The van der Waals surface area contributed by atoms with Crippen LogP contribution in [0.4, 0.5) is 0 Å². The summed E-state index contributed by atoms with van der Waals surface area (Å²) in [4.78, 5) is 14.6. The molecule has 3 rings (SSSR count). The number of hydrogen-bond donors (Lipinski definition) is 1. The van der Waals surface area contributed by atoms with Crippen molar-refractivity contribution in [3.63, 3.8) is 0 Å². The average Bonchev–Trinajstić information content (AvgIpc) is 3.02. The van der Waals surface area contributed by atoms with Gasteiger partial charge >= 0.3 is 0 Å². The maximum Gasteiger partial charge on any atom is 0.231 e. The molecule has 6 heteroatoms. The van der Waals surface area contributed by atoms with Crippen LogP contribution in [0.1, 0.15) is 18.4 Å². The van der Waals surface area contributed by atoms with Crippen molar-refractivity contribution >= 4 is 5.91 Å². The normalized spacial score (nSPS) is 19.0. The van der Waals surface area contributed by atoms with E-state index in [0.29, 0.717) is 39.1 Å². The average molecular weight is 306 g/mol. The van der Waals surface area contributed by atoms with E-state index < -0.39 is 5.41 Å². The molecule has 1 aromatic rings. The number of nitrogens with zero attached hydrogens (tertiary/aromatic N) is 1. The summed E-state index contributed by atoms with van der Waals surface area (Å²) in [7, 11) is 1.82. The van der Waals surface area contributed by atoms with E-state index in [4.69, 9.17) is 19.9 Å². The van der Waals surface area contributed by atoms with E-state index in [0.717, 1.165) is 17.1 Å². The maximum atomic E-state index is 12.8. The van der Waals surface area contributed by atoms with Crippen LogP contribution < -0.4 is 15.2 Å². The number of benzene rings is 1. The first kappa shape index (κ1) is 15.1. The first-order chi connectivity index (χ1) is 10.6. The van der Waals surface area contributed by atoms with E-state index >= 15 is 0 Å². The molecule has 22 heavy (non-hydrogen) atoms. The Morgan fingerprint density at radius 3 is 2.73 bits per heavy atom. The van der Waals surface area contributed by atoms with Crippen molar-refractivity contribution in [1.29, 1.82) is 0 Å². The second kappa shape index (κ2) is 6.14. The lowest BCUT2D eigenvalue weighted by Crippen LogP contribution is -2.49. The largest absolute Gasteiger partial charge is 0.454 e. The third kappa shape index (κ3) is 2.76. The molecule has 0 atom stereocenters. The topological polar surface area (TPSA) is 74.0 Å². The van der Waals surface area contributed by atoms with Crippen molar-refractivity contribution < 1.29 is 19.0 Å². The zero-order valence-corrected chi connectivity index (χ0v) is 12.8. The molecular formula is C16H22N2O4. The minimum Gasteiger partial charge on any atom is -0.454 e.